The zero-order valence-electron chi connectivity index (χ0n) is 14.6. The third-order valence-electron chi connectivity index (χ3n) is 4.89. The van der Waals surface area contributed by atoms with Gasteiger partial charge in [0.2, 0.25) is 11.4 Å². The Morgan fingerprint density at radius 3 is 1.57 bits per heavy atom. The van der Waals surface area contributed by atoms with Crippen molar-refractivity contribution in [2.75, 3.05) is 0 Å². The zero-order chi connectivity index (χ0) is 20.5. The van der Waals surface area contributed by atoms with Gasteiger partial charge in [0.1, 0.15) is 30.5 Å². The van der Waals surface area contributed by atoms with Gasteiger partial charge < -0.3 is 30.3 Å². The van der Waals surface area contributed by atoms with E-state index in [2.05, 4.69) is 0 Å². The summed E-state index contributed by atoms with van der Waals surface area (Å²) >= 11 is 0. The van der Waals surface area contributed by atoms with Crippen molar-refractivity contribution in [2.45, 2.75) is 36.1 Å². The van der Waals surface area contributed by atoms with Gasteiger partial charge in [-0.3, -0.25) is 4.79 Å². The van der Waals surface area contributed by atoms with Crippen molar-refractivity contribution in [3.8, 4) is 0 Å². The molecule has 0 spiro atoms. The van der Waals surface area contributed by atoms with Gasteiger partial charge in [0.25, 0.3) is 0 Å². The van der Waals surface area contributed by atoms with Crippen molar-refractivity contribution in [3.63, 3.8) is 0 Å². The van der Waals surface area contributed by atoms with Gasteiger partial charge in [-0.2, -0.15) is 0 Å². The predicted octanol–water partition coefficient (Wildman–Crippen LogP) is -0.717. The molecule has 2 aromatic rings. The molecule has 1 fully saturated rings. The molecule has 1 saturated carbocycles. The van der Waals surface area contributed by atoms with Gasteiger partial charge in [-0.05, 0) is 12.1 Å². The fraction of sp³-hybridized carbons (Fsp3) is 0.300. The fourth-order valence-corrected chi connectivity index (χ4v) is 3.30. The first-order chi connectivity index (χ1) is 13.3. The summed E-state index contributed by atoms with van der Waals surface area (Å²) in [5.41, 5.74) is -2.73. The molecule has 4 unspecified atom stereocenters. The molecule has 1 aliphatic carbocycles. The topological polar surface area (TPSA) is 145 Å². The average molecular weight is 388 g/mol. The number of esters is 1. The molecule has 0 saturated heterocycles. The lowest BCUT2D eigenvalue weighted by Gasteiger charge is -2.48. The first-order valence-electron chi connectivity index (χ1n) is 8.59. The highest BCUT2D eigenvalue weighted by molar-refractivity contribution is 6.05. The summed E-state index contributed by atoms with van der Waals surface area (Å²) < 4.78 is 5.28. The molecule has 0 aliphatic heterocycles. The van der Waals surface area contributed by atoms with Crippen molar-refractivity contribution in [1.82, 2.24) is 0 Å². The molecule has 8 nitrogen and oxygen atoms in total. The van der Waals surface area contributed by atoms with Crippen LogP contribution in [0.25, 0.3) is 0 Å². The SMILES string of the molecule is O=C(OC1(C(=O)c2ccccc2)C(O)C(O)C(O)C(O)C1O)c1ccccc1. The number of rotatable bonds is 4. The summed E-state index contributed by atoms with van der Waals surface area (Å²) in [7, 11) is 0. The highest BCUT2D eigenvalue weighted by Crippen LogP contribution is 2.37. The largest absolute Gasteiger partial charge is 0.441 e. The lowest BCUT2D eigenvalue weighted by molar-refractivity contribution is -0.248. The summed E-state index contributed by atoms with van der Waals surface area (Å²) in [5.74, 6) is -2.08. The van der Waals surface area contributed by atoms with Crippen LogP contribution in [0, 0.1) is 0 Å². The number of aliphatic hydroxyl groups is 5. The Kier molecular flexibility index (Phi) is 5.59. The summed E-state index contributed by atoms with van der Waals surface area (Å²) in [5, 5.41) is 51.3. The lowest BCUT2D eigenvalue weighted by atomic mass is 9.71. The van der Waals surface area contributed by atoms with Crippen molar-refractivity contribution in [2.24, 2.45) is 0 Å². The molecular formula is C20H20O8. The van der Waals surface area contributed by atoms with E-state index in [9.17, 15) is 35.1 Å². The third-order valence-corrected chi connectivity index (χ3v) is 4.89. The molecule has 0 amide bonds. The first kappa shape index (κ1) is 20.1. The number of hydrogen-bond acceptors (Lipinski definition) is 8. The number of Topliss-reactive ketones (excluding diaryl/α,β-unsaturated/α-hetero) is 1. The Labute approximate surface area is 160 Å². The van der Waals surface area contributed by atoms with Crippen LogP contribution in [0.5, 0.6) is 0 Å². The maximum absolute atomic E-state index is 13.2. The van der Waals surface area contributed by atoms with Crippen LogP contribution < -0.4 is 0 Å². The van der Waals surface area contributed by atoms with E-state index < -0.39 is 47.9 Å². The summed E-state index contributed by atoms with van der Waals surface area (Å²) in [6.07, 6.45) is -10.4. The van der Waals surface area contributed by atoms with E-state index in [0.717, 1.165) is 0 Å². The van der Waals surface area contributed by atoms with Gasteiger partial charge in [-0.1, -0.05) is 48.5 Å². The van der Waals surface area contributed by atoms with Crippen molar-refractivity contribution in [3.05, 3.63) is 71.8 Å². The number of ether oxygens (including phenoxy) is 1. The molecule has 0 bridgehead atoms. The molecule has 148 valence electrons. The van der Waals surface area contributed by atoms with Gasteiger partial charge in [0.15, 0.2) is 0 Å². The molecule has 0 heterocycles. The third kappa shape index (κ3) is 3.21. The van der Waals surface area contributed by atoms with Crippen molar-refractivity contribution < 1.29 is 39.9 Å². The monoisotopic (exact) mass is 388 g/mol. The highest BCUT2D eigenvalue weighted by Gasteiger charge is 2.65. The first-order valence-corrected chi connectivity index (χ1v) is 8.59. The molecular weight excluding hydrogens is 368 g/mol. The molecule has 1 aliphatic rings. The summed E-state index contributed by atoms with van der Waals surface area (Å²) in [6, 6.07) is 14.9. The Morgan fingerprint density at radius 1 is 0.679 bits per heavy atom. The second-order valence-electron chi connectivity index (χ2n) is 6.61. The highest BCUT2D eigenvalue weighted by atomic mass is 16.6. The van der Waals surface area contributed by atoms with Crippen molar-refractivity contribution in [1.29, 1.82) is 0 Å². The molecule has 2 aromatic carbocycles. The number of carbonyl (C=O) groups is 2. The van der Waals surface area contributed by atoms with Gasteiger partial charge in [0, 0.05) is 5.56 Å². The van der Waals surface area contributed by atoms with Crippen LogP contribution in [0.2, 0.25) is 0 Å². The number of benzene rings is 2. The van der Waals surface area contributed by atoms with E-state index in [0.29, 0.717) is 0 Å². The van der Waals surface area contributed by atoms with Crippen LogP contribution in [-0.2, 0) is 4.74 Å². The molecule has 3 rings (SSSR count). The van der Waals surface area contributed by atoms with Crippen LogP contribution in [0.1, 0.15) is 20.7 Å². The van der Waals surface area contributed by atoms with Gasteiger partial charge in [0.05, 0.1) is 5.56 Å². The van der Waals surface area contributed by atoms with Crippen LogP contribution in [-0.4, -0.2) is 73.4 Å². The quantitative estimate of drug-likeness (QED) is 0.341. The second-order valence-corrected chi connectivity index (χ2v) is 6.61. The Morgan fingerprint density at radius 2 is 1.11 bits per heavy atom. The standard InChI is InChI=1S/C20H20O8/c21-13-14(22)17(25)20(18(26)15(13)23,16(24)11-7-3-1-4-8-11)28-19(27)12-9-5-2-6-10-12/h1-10,13-15,17-18,21-23,25-26H. The average Bonchev–Trinajstić information content (AvgIpc) is 2.74. The molecule has 4 atom stereocenters. The van der Waals surface area contributed by atoms with Crippen LogP contribution in [0.4, 0.5) is 0 Å². The van der Waals surface area contributed by atoms with Crippen LogP contribution in [0.15, 0.2) is 60.7 Å². The van der Waals surface area contributed by atoms with Gasteiger partial charge in [-0.25, -0.2) is 4.79 Å². The van der Waals surface area contributed by atoms with Crippen LogP contribution in [0.3, 0.4) is 0 Å². The molecule has 0 aromatic heterocycles. The van der Waals surface area contributed by atoms with E-state index in [1.165, 1.54) is 36.4 Å². The van der Waals surface area contributed by atoms with E-state index in [1.54, 1.807) is 24.3 Å². The molecule has 5 N–H and O–H groups in total. The Bertz CT molecular complexity index is 822. The van der Waals surface area contributed by atoms with E-state index in [1.807, 2.05) is 0 Å². The minimum atomic E-state index is -2.73. The minimum absolute atomic E-state index is 0.0252. The van der Waals surface area contributed by atoms with Gasteiger partial charge in [-0.15, -0.1) is 0 Å². The molecule has 8 heteroatoms. The predicted molar refractivity (Wildman–Crippen MR) is 95.4 cm³/mol. The number of ketones is 1. The molecule has 28 heavy (non-hydrogen) atoms. The number of carbonyl (C=O) groups excluding carboxylic acids is 2. The normalized spacial score (nSPS) is 32.5. The number of aliphatic hydroxyl groups excluding tert-OH is 5. The minimum Gasteiger partial charge on any atom is -0.441 e. The summed E-state index contributed by atoms with van der Waals surface area (Å²) in [4.78, 5) is 25.8. The second kappa shape index (κ2) is 7.78. The lowest BCUT2D eigenvalue weighted by Crippen LogP contribution is -2.74. The summed E-state index contributed by atoms with van der Waals surface area (Å²) in [6.45, 7) is 0. The fourth-order valence-electron chi connectivity index (χ4n) is 3.30. The Balaban J connectivity index is 2.10. The maximum Gasteiger partial charge on any atom is 0.339 e. The maximum atomic E-state index is 13.2. The van der Waals surface area contributed by atoms with Gasteiger partial charge >= 0.3 is 5.97 Å². The van der Waals surface area contributed by atoms with E-state index in [-0.39, 0.29) is 11.1 Å². The van der Waals surface area contributed by atoms with E-state index in [4.69, 9.17) is 4.74 Å². The zero-order valence-corrected chi connectivity index (χ0v) is 14.6. The molecule has 0 radical (unpaired) electrons. The van der Waals surface area contributed by atoms with E-state index >= 15 is 0 Å². The number of hydrogen-bond donors (Lipinski definition) is 5. The van der Waals surface area contributed by atoms with Crippen LogP contribution >= 0.6 is 0 Å². The Hall–Kier alpha value is -2.62. The van der Waals surface area contributed by atoms with Crippen molar-refractivity contribution >= 4 is 11.8 Å². The smallest absolute Gasteiger partial charge is 0.339 e.